The summed E-state index contributed by atoms with van der Waals surface area (Å²) in [5.74, 6) is -0.562. The van der Waals surface area contributed by atoms with Crippen LogP contribution in [0.2, 0.25) is 0 Å². The fourth-order valence-corrected chi connectivity index (χ4v) is 2.72. The highest BCUT2D eigenvalue weighted by atomic mass is 16.5. The van der Waals surface area contributed by atoms with Gasteiger partial charge in [-0.3, -0.25) is 9.59 Å². The molecule has 1 aromatic rings. The molecule has 8 heteroatoms. The number of amides is 3. The first-order valence-corrected chi connectivity index (χ1v) is 8.27. The number of nitrogens with zero attached hydrogens (tertiary/aromatic N) is 1. The van der Waals surface area contributed by atoms with Crippen LogP contribution < -0.4 is 15.8 Å². The number of carboxylic acid groups (broad SMARTS) is 1. The summed E-state index contributed by atoms with van der Waals surface area (Å²) in [4.78, 5) is 34.9. The summed E-state index contributed by atoms with van der Waals surface area (Å²) in [6, 6.07) is 4.76. The molecule has 4 N–H and O–H groups in total. The standard InChI is InChI=1S/C17H23N3O5/c18-17(24)19-7-2-1-3-9-25-13-4-5-14-12(10-13)6-8-20(16(14)23)11-15(21)22/h4-5,10H,1-3,6-9,11H2,(H,21,22)(H3,18,19,24). The van der Waals surface area contributed by atoms with Crippen molar-refractivity contribution < 1.29 is 24.2 Å². The van der Waals surface area contributed by atoms with Gasteiger partial charge in [0.1, 0.15) is 12.3 Å². The van der Waals surface area contributed by atoms with Crippen molar-refractivity contribution in [1.29, 1.82) is 0 Å². The van der Waals surface area contributed by atoms with E-state index in [1.165, 1.54) is 4.90 Å². The molecule has 0 radical (unpaired) electrons. The Morgan fingerprint density at radius 1 is 1.28 bits per heavy atom. The van der Waals surface area contributed by atoms with Crippen molar-refractivity contribution in [3.05, 3.63) is 29.3 Å². The van der Waals surface area contributed by atoms with Crippen molar-refractivity contribution in [2.24, 2.45) is 5.73 Å². The van der Waals surface area contributed by atoms with Gasteiger partial charge in [-0.1, -0.05) is 0 Å². The second-order valence-corrected chi connectivity index (χ2v) is 5.89. The van der Waals surface area contributed by atoms with E-state index in [-0.39, 0.29) is 12.5 Å². The monoisotopic (exact) mass is 349 g/mol. The molecule has 2 rings (SSSR count). The zero-order valence-corrected chi connectivity index (χ0v) is 14.0. The van der Waals surface area contributed by atoms with Crippen LogP contribution in [0.1, 0.15) is 35.2 Å². The van der Waals surface area contributed by atoms with E-state index in [9.17, 15) is 14.4 Å². The molecule has 0 saturated heterocycles. The van der Waals surface area contributed by atoms with E-state index in [2.05, 4.69) is 5.32 Å². The summed E-state index contributed by atoms with van der Waals surface area (Å²) in [6.45, 7) is 1.23. The molecule has 3 amide bonds. The first-order chi connectivity index (χ1) is 12.0. The van der Waals surface area contributed by atoms with Gasteiger partial charge < -0.3 is 25.8 Å². The minimum Gasteiger partial charge on any atom is -0.494 e. The average molecular weight is 349 g/mol. The predicted octanol–water partition coefficient (Wildman–Crippen LogP) is 0.987. The van der Waals surface area contributed by atoms with Crippen molar-refractivity contribution in [3.63, 3.8) is 0 Å². The molecule has 25 heavy (non-hydrogen) atoms. The Morgan fingerprint density at radius 2 is 2.08 bits per heavy atom. The number of aliphatic carboxylic acids is 1. The van der Waals surface area contributed by atoms with Crippen LogP contribution in [0.15, 0.2) is 18.2 Å². The smallest absolute Gasteiger partial charge is 0.323 e. The number of nitrogens with two attached hydrogens (primary N) is 1. The number of unbranched alkanes of at least 4 members (excludes halogenated alkanes) is 2. The fourth-order valence-electron chi connectivity index (χ4n) is 2.72. The quantitative estimate of drug-likeness (QED) is 0.574. The average Bonchev–Trinajstić information content (AvgIpc) is 2.56. The third-order valence-corrected chi connectivity index (χ3v) is 3.96. The third kappa shape index (κ3) is 5.66. The largest absolute Gasteiger partial charge is 0.494 e. The maximum atomic E-state index is 12.3. The third-order valence-electron chi connectivity index (χ3n) is 3.96. The topological polar surface area (TPSA) is 122 Å². The molecule has 0 aromatic heterocycles. The highest BCUT2D eigenvalue weighted by Gasteiger charge is 2.25. The van der Waals surface area contributed by atoms with E-state index in [0.717, 1.165) is 24.8 Å². The van der Waals surface area contributed by atoms with Gasteiger partial charge in [0.2, 0.25) is 0 Å². The molecule has 136 valence electrons. The molecule has 1 aliphatic rings. The second-order valence-electron chi connectivity index (χ2n) is 5.89. The van der Waals surface area contributed by atoms with E-state index in [4.69, 9.17) is 15.6 Å². The summed E-state index contributed by atoms with van der Waals surface area (Å²) in [7, 11) is 0. The number of benzene rings is 1. The predicted molar refractivity (Wildman–Crippen MR) is 90.6 cm³/mol. The Hall–Kier alpha value is -2.77. The number of hydrogen-bond donors (Lipinski definition) is 3. The maximum absolute atomic E-state index is 12.3. The van der Waals surface area contributed by atoms with Gasteiger partial charge in [-0.25, -0.2) is 4.79 Å². The van der Waals surface area contributed by atoms with Gasteiger partial charge >= 0.3 is 12.0 Å². The number of rotatable bonds is 9. The number of urea groups is 1. The highest BCUT2D eigenvalue weighted by molar-refractivity contribution is 5.98. The van der Waals surface area contributed by atoms with Crippen LogP contribution in [-0.2, 0) is 11.2 Å². The van der Waals surface area contributed by atoms with Gasteiger partial charge in [0, 0.05) is 18.7 Å². The zero-order chi connectivity index (χ0) is 18.2. The van der Waals surface area contributed by atoms with Crippen molar-refractivity contribution in [2.45, 2.75) is 25.7 Å². The number of primary amides is 1. The minimum atomic E-state index is -1.01. The van der Waals surface area contributed by atoms with Crippen LogP contribution >= 0.6 is 0 Å². The second kappa shape index (κ2) is 8.91. The van der Waals surface area contributed by atoms with Gasteiger partial charge in [0.15, 0.2) is 0 Å². The highest BCUT2D eigenvalue weighted by Crippen LogP contribution is 2.24. The number of hydrogen-bond acceptors (Lipinski definition) is 4. The van der Waals surface area contributed by atoms with Gasteiger partial charge in [0.05, 0.1) is 6.61 Å². The Balaban J connectivity index is 1.79. The lowest BCUT2D eigenvalue weighted by molar-refractivity contribution is -0.137. The molecule has 0 bridgehead atoms. The molecule has 0 atom stereocenters. The van der Waals surface area contributed by atoms with Crippen LogP contribution in [0.25, 0.3) is 0 Å². The number of fused-ring (bicyclic) bond motifs is 1. The van der Waals surface area contributed by atoms with Crippen molar-refractivity contribution in [2.75, 3.05) is 26.2 Å². The van der Waals surface area contributed by atoms with E-state index in [0.29, 0.717) is 37.4 Å². The van der Waals surface area contributed by atoms with E-state index < -0.39 is 12.0 Å². The molecule has 0 unspecified atom stereocenters. The van der Waals surface area contributed by atoms with Crippen molar-refractivity contribution in [3.8, 4) is 5.75 Å². The van der Waals surface area contributed by atoms with E-state index >= 15 is 0 Å². The molecule has 8 nitrogen and oxygen atoms in total. The van der Waals surface area contributed by atoms with Crippen LogP contribution in [0.3, 0.4) is 0 Å². The number of carbonyl (C=O) groups is 3. The van der Waals surface area contributed by atoms with Crippen LogP contribution in [0.4, 0.5) is 4.79 Å². The number of nitrogens with one attached hydrogen (secondary N) is 1. The van der Waals surface area contributed by atoms with Gasteiger partial charge in [-0.15, -0.1) is 0 Å². The molecule has 0 fully saturated rings. The molecule has 0 spiro atoms. The normalized spacial score (nSPS) is 13.3. The minimum absolute atomic E-state index is 0.253. The molecular formula is C17H23N3O5. The van der Waals surface area contributed by atoms with Crippen molar-refractivity contribution in [1.82, 2.24) is 10.2 Å². The molecule has 0 saturated carbocycles. The van der Waals surface area contributed by atoms with Gasteiger partial charge in [0.25, 0.3) is 5.91 Å². The summed E-state index contributed by atoms with van der Waals surface area (Å²) < 4.78 is 5.70. The Morgan fingerprint density at radius 3 is 2.80 bits per heavy atom. The van der Waals surface area contributed by atoms with Gasteiger partial charge in [-0.2, -0.15) is 0 Å². The first-order valence-electron chi connectivity index (χ1n) is 8.27. The number of carboxylic acids is 1. The maximum Gasteiger partial charge on any atom is 0.323 e. The van der Waals surface area contributed by atoms with Crippen LogP contribution in [0, 0.1) is 0 Å². The zero-order valence-electron chi connectivity index (χ0n) is 14.0. The molecule has 1 heterocycles. The first kappa shape index (κ1) is 18.6. The molecular weight excluding hydrogens is 326 g/mol. The number of ether oxygens (including phenoxy) is 1. The molecule has 0 aliphatic carbocycles. The van der Waals surface area contributed by atoms with E-state index in [1.54, 1.807) is 12.1 Å². The lowest BCUT2D eigenvalue weighted by atomic mass is 9.98. The van der Waals surface area contributed by atoms with E-state index in [1.807, 2.05) is 6.07 Å². The molecule has 1 aromatic carbocycles. The lowest BCUT2D eigenvalue weighted by Gasteiger charge is -2.27. The summed E-state index contributed by atoms with van der Waals surface area (Å²) in [5, 5.41) is 11.4. The summed E-state index contributed by atoms with van der Waals surface area (Å²) in [6.07, 6.45) is 3.21. The summed E-state index contributed by atoms with van der Waals surface area (Å²) in [5.41, 5.74) is 6.40. The fraction of sp³-hybridized carbons (Fsp3) is 0.471. The lowest BCUT2D eigenvalue weighted by Crippen LogP contribution is -2.40. The van der Waals surface area contributed by atoms with Gasteiger partial charge in [-0.05, 0) is 49.4 Å². The number of carbonyl (C=O) groups excluding carboxylic acids is 2. The molecule has 1 aliphatic heterocycles. The Bertz CT molecular complexity index is 647. The Kier molecular flexibility index (Phi) is 6.62. The van der Waals surface area contributed by atoms with Crippen LogP contribution in [0.5, 0.6) is 5.75 Å². The summed E-state index contributed by atoms with van der Waals surface area (Å²) >= 11 is 0. The van der Waals surface area contributed by atoms with Crippen molar-refractivity contribution >= 4 is 17.9 Å². The Labute approximate surface area is 145 Å². The van der Waals surface area contributed by atoms with Crippen LogP contribution in [-0.4, -0.2) is 54.2 Å². The SMILES string of the molecule is NC(=O)NCCCCCOc1ccc2c(c1)CCN(CC(=O)O)C2=O.